The first-order chi connectivity index (χ1) is 15.5. The van der Waals surface area contributed by atoms with Crippen LogP contribution in [0.3, 0.4) is 0 Å². The lowest BCUT2D eigenvalue weighted by Gasteiger charge is -2.29. The van der Waals surface area contributed by atoms with Gasteiger partial charge in [0.2, 0.25) is 0 Å². The van der Waals surface area contributed by atoms with Crippen LogP contribution in [0.1, 0.15) is 15.9 Å². The largest absolute Gasteiger partial charge is 0.497 e. The van der Waals surface area contributed by atoms with Gasteiger partial charge in [0.05, 0.1) is 19.3 Å². The normalized spacial score (nSPS) is 12.6. The third kappa shape index (κ3) is 4.83. The molecule has 1 aliphatic rings. The maximum absolute atomic E-state index is 12.6. The standard InChI is InChI=1S/C25H24N2O5/c1-17-4-3-5-21(14-17)31-13-12-27-22-15-19(8-11-23(22)32-16-24(27)28)26-25(29)18-6-9-20(30-2)10-7-18/h3-11,14-15H,12-13,16H2,1-2H3,(H,26,29). The minimum atomic E-state index is -0.259. The molecule has 7 nitrogen and oxygen atoms in total. The van der Waals surface area contributed by atoms with Crippen LogP contribution in [0, 0.1) is 6.92 Å². The molecule has 3 aromatic carbocycles. The second-order valence-electron chi connectivity index (χ2n) is 7.36. The second kappa shape index (κ2) is 9.43. The highest BCUT2D eigenvalue weighted by Crippen LogP contribution is 2.34. The molecular weight excluding hydrogens is 408 g/mol. The maximum Gasteiger partial charge on any atom is 0.265 e. The van der Waals surface area contributed by atoms with E-state index in [1.165, 1.54) is 0 Å². The molecule has 0 aromatic heterocycles. The lowest BCUT2D eigenvalue weighted by atomic mass is 10.1. The first kappa shape index (κ1) is 21.2. The SMILES string of the molecule is COc1ccc(C(=O)Nc2ccc3c(c2)N(CCOc2cccc(C)c2)C(=O)CO3)cc1. The molecule has 0 radical (unpaired) electrons. The monoisotopic (exact) mass is 432 g/mol. The first-order valence-corrected chi connectivity index (χ1v) is 10.3. The number of nitrogens with one attached hydrogen (secondary N) is 1. The molecule has 1 N–H and O–H groups in total. The molecule has 0 spiro atoms. The fraction of sp³-hybridized carbons (Fsp3) is 0.200. The quantitative estimate of drug-likeness (QED) is 0.609. The average Bonchev–Trinajstić information content (AvgIpc) is 2.80. The van der Waals surface area contributed by atoms with Crippen LogP contribution < -0.4 is 24.4 Å². The van der Waals surface area contributed by atoms with Gasteiger partial charge < -0.3 is 24.4 Å². The van der Waals surface area contributed by atoms with E-state index in [-0.39, 0.29) is 18.4 Å². The molecule has 0 aliphatic carbocycles. The summed E-state index contributed by atoms with van der Waals surface area (Å²) in [6.45, 7) is 2.65. The summed E-state index contributed by atoms with van der Waals surface area (Å²) in [7, 11) is 1.57. The average molecular weight is 432 g/mol. The van der Waals surface area contributed by atoms with Gasteiger partial charge in [-0.2, -0.15) is 0 Å². The lowest BCUT2D eigenvalue weighted by Crippen LogP contribution is -2.41. The van der Waals surface area contributed by atoms with E-state index in [1.807, 2.05) is 31.2 Å². The van der Waals surface area contributed by atoms with Crippen molar-refractivity contribution in [2.45, 2.75) is 6.92 Å². The van der Waals surface area contributed by atoms with Crippen molar-refractivity contribution in [1.82, 2.24) is 0 Å². The maximum atomic E-state index is 12.6. The van der Waals surface area contributed by atoms with Crippen molar-refractivity contribution >= 4 is 23.2 Å². The molecule has 3 aromatic rings. The number of aryl methyl sites for hydroxylation is 1. The molecule has 2 amide bonds. The van der Waals surface area contributed by atoms with Gasteiger partial charge in [0.1, 0.15) is 23.9 Å². The molecule has 4 rings (SSSR count). The Morgan fingerprint density at radius 2 is 1.88 bits per heavy atom. The second-order valence-corrected chi connectivity index (χ2v) is 7.36. The lowest BCUT2D eigenvalue weighted by molar-refractivity contribution is -0.121. The zero-order valence-corrected chi connectivity index (χ0v) is 18.0. The fourth-order valence-electron chi connectivity index (χ4n) is 3.43. The Labute approximate surface area is 186 Å². The minimum absolute atomic E-state index is 0.0327. The molecule has 0 unspecified atom stereocenters. The van der Waals surface area contributed by atoms with E-state index in [0.29, 0.717) is 41.6 Å². The van der Waals surface area contributed by atoms with Gasteiger partial charge in [-0.1, -0.05) is 12.1 Å². The molecule has 7 heteroatoms. The van der Waals surface area contributed by atoms with E-state index < -0.39 is 0 Å². The van der Waals surface area contributed by atoms with Crippen molar-refractivity contribution in [3.63, 3.8) is 0 Å². The number of hydrogen-bond donors (Lipinski definition) is 1. The fourth-order valence-corrected chi connectivity index (χ4v) is 3.43. The molecule has 0 atom stereocenters. The number of carbonyl (C=O) groups is 2. The number of rotatable bonds is 7. The van der Waals surface area contributed by atoms with E-state index >= 15 is 0 Å². The predicted octanol–water partition coefficient (Wildman–Crippen LogP) is 4.06. The van der Waals surface area contributed by atoms with E-state index in [2.05, 4.69) is 5.32 Å². The van der Waals surface area contributed by atoms with Gasteiger partial charge in [0, 0.05) is 11.3 Å². The third-order valence-electron chi connectivity index (χ3n) is 5.09. The van der Waals surface area contributed by atoms with Gasteiger partial charge >= 0.3 is 0 Å². The molecule has 0 saturated carbocycles. The summed E-state index contributed by atoms with van der Waals surface area (Å²) < 4.78 is 16.5. The van der Waals surface area contributed by atoms with Crippen LogP contribution in [-0.2, 0) is 4.79 Å². The number of nitrogens with zero attached hydrogens (tertiary/aromatic N) is 1. The van der Waals surface area contributed by atoms with Crippen LogP contribution in [0.15, 0.2) is 66.7 Å². The van der Waals surface area contributed by atoms with Crippen molar-refractivity contribution in [3.05, 3.63) is 77.9 Å². The highest BCUT2D eigenvalue weighted by Gasteiger charge is 2.26. The van der Waals surface area contributed by atoms with E-state index in [9.17, 15) is 9.59 Å². The summed E-state index contributed by atoms with van der Waals surface area (Å²) in [4.78, 5) is 26.7. The Bertz CT molecular complexity index is 1130. The topological polar surface area (TPSA) is 77.1 Å². The molecule has 32 heavy (non-hydrogen) atoms. The Morgan fingerprint density at radius 3 is 2.62 bits per heavy atom. The number of methoxy groups -OCH3 is 1. The smallest absolute Gasteiger partial charge is 0.265 e. The number of benzene rings is 3. The number of hydrogen-bond acceptors (Lipinski definition) is 5. The van der Waals surface area contributed by atoms with Crippen molar-refractivity contribution in [2.75, 3.05) is 37.1 Å². The van der Waals surface area contributed by atoms with Crippen LogP contribution in [-0.4, -0.2) is 38.7 Å². The number of anilines is 2. The number of ether oxygens (including phenoxy) is 3. The molecule has 0 bridgehead atoms. The first-order valence-electron chi connectivity index (χ1n) is 10.3. The molecule has 1 heterocycles. The molecule has 164 valence electrons. The minimum Gasteiger partial charge on any atom is -0.497 e. The van der Waals surface area contributed by atoms with Gasteiger partial charge in [0.25, 0.3) is 11.8 Å². The molecule has 0 fully saturated rings. The van der Waals surface area contributed by atoms with Gasteiger partial charge in [-0.3, -0.25) is 9.59 Å². The van der Waals surface area contributed by atoms with Crippen molar-refractivity contribution in [2.24, 2.45) is 0 Å². The zero-order valence-electron chi connectivity index (χ0n) is 18.0. The summed E-state index contributed by atoms with van der Waals surface area (Å²) in [5.41, 5.74) is 2.76. The number of fused-ring (bicyclic) bond motifs is 1. The van der Waals surface area contributed by atoms with Crippen LogP contribution in [0.4, 0.5) is 11.4 Å². The van der Waals surface area contributed by atoms with Crippen molar-refractivity contribution < 1.29 is 23.8 Å². The summed E-state index contributed by atoms with van der Waals surface area (Å²) in [6, 6.07) is 19.8. The Hall–Kier alpha value is -4.00. The van der Waals surface area contributed by atoms with Gasteiger partial charge in [0.15, 0.2) is 6.61 Å². The van der Waals surface area contributed by atoms with Crippen LogP contribution in [0.25, 0.3) is 0 Å². The van der Waals surface area contributed by atoms with E-state index in [0.717, 1.165) is 11.3 Å². The summed E-state index contributed by atoms with van der Waals surface area (Å²) >= 11 is 0. The Kier molecular flexibility index (Phi) is 6.26. The molecular formula is C25H24N2O5. The van der Waals surface area contributed by atoms with Gasteiger partial charge in [-0.05, 0) is 67.1 Å². The summed E-state index contributed by atoms with van der Waals surface area (Å²) in [5.74, 6) is 1.59. The molecule has 0 saturated heterocycles. The van der Waals surface area contributed by atoms with Gasteiger partial charge in [-0.15, -0.1) is 0 Å². The van der Waals surface area contributed by atoms with Crippen LogP contribution >= 0.6 is 0 Å². The van der Waals surface area contributed by atoms with Crippen molar-refractivity contribution in [1.29, 1.82) is 0 Å². The Morgan fingerprint density at radius 1 is 1.06 bits per heavy atom. The highest BCUT2D eigenvalue weighted by atomic mass is 16.5. The van der Waals surface area contributed by atoms with E-state index in [4.69, 9.17) is 14.2 Å². The Balaban J connectivity index is 1.46. The van der Waals surface area contributed by atoms with Crippen molar-refractivity contribution in [3.8, 4) is 17.2 Å². The van der Waals surface area contributed by atoms with Gasteiger partial charge in [-0.25, -0.2) is 0 Å². The third-order valence-corrected chi connectivity index (χ3v) is 5.09. The zero-order chi connectivity index (χ0) is 22.5. The number of amides is 2. The van der Waals surface area contributed by atoms with E-state index in [1.54, 1.807) is 54.5 Å². The summed E-state index contributed by atoms with van der Waals surface area (Å²) in [6.07, 6.45) is 0. The number of carbonyl (C=O) groups excluding carboxylic acids is 2. The van der Waals surface area contributed by atoms with Crippen LogP contribution in [0.2, 0.25) is 0 Å². The predicted molar refractivity (Wildman–Crippen MR) is 122 cm³/mol. The highest BCUT2D eigenvalue weighted by molar-refractivity contribution is 6.05. The van der Waals surface area contributed by atoms with Crippen LogP contribution in [0.5, 0.6) is 17.2 Å². The molecule has 1 aliphatic heterocycles. The summed E-state index contributed by atoms with van der Waals surface area (Å²) in [5, 5.41) is 2.86.